The lowest BCUT2D eigenvalue weighted by Crippen LogP contribution is -2.48. The maximum atomic E-state index is 5.49. The van der Waals surface area contributed by atoms with Gasteiger partial charge in [0.15, 0.2) is 16.1 Å². The van der Waals surface area contributed by atoms with E-state index < -0.39 is 0 Å². The van der Waals surface area contributed by atoms with Crippen molar-refractivity contribution in [3.63, 3.8) is 0 Å². The summed E-state index contributed by atoms with van der Waals surface area (Å²) in [6, 6.07) is 19.7. The van der Waals surface area contributed by atoms with Crippen LogP contribution in [0.1, 0.15) is 19.4 Å². The standard InChI is InChI=1S/C20H25N5S2/c1-4-25(5-2)19(26)21-18(16-12-8-6-9-13-16)22-23-20(27)24(3)17-14-10-7-11-15-17/h6-15H,4-5H2,1-3H3,(H,23,27)(H,21,22,26). The number of thiocarbonyl (C=S) groups is 2. The first-order valence-electron chi connectivity index (χ1n) is 8.84. The van der Waals surface area contributed by atoms with Gasteiger partial charge in [0, 0.05) is 31.4 Å². The van der Waals surface area contributed by atoms with Crippen LogP contribution in [-0.4, -0.2) is 41.1 Å². The second-order valence-electron chi connectivity index (χ2n) is 5.73. The molecule has 0 radical (unpaired) electrons. The van der Waals surface area contributed by atoms with Crippen LogP contribution in [0.3, 0.4) is 0 Å². The Balaban J connectivity index is 2.15. The summed E-state index contributed by atoms with van der Waals surface area (Å²) in [6.45, 7) is 5.74. The summed E-state index contributed by atoms with van der Waals surface area (Å²) >= 11 is 11.0. The summed E-state index contributed by atoms with van der Waals surface area (Å²) in [4.78, 5) is 8.52. The number of aliphatic imine (C=N–C) groups is 1. The Bertz CT molecular complexity index is 773. The van der Waals surface area contributed by atoms with Crippen molar-refractivity contribution >= 4 is 46.2 Å². The largest absolute Gasteiger partial charge is 0.348 e. The fourth-order valence-electron chi connectivity index (χ4n) is 2.39. The molecule has 0 aromatic heterocycles. The fraction of sp³-hybridized carbons (Fsp3) is 0.250. The highest BCUT2D eigenvalue weighted by molar-refractivity contribution is 7.80. The Hall–Kier alpha value is -2.51. The summed E-state index contributed by atoms with van der Waals surface area (Å²) in [7, 11) is 1.91. The number of rotatable bonds is 4. The second-order valence-corrected chi connectivity index (χ2v) is 6.48. The summed E-state index contributed by atoms with van der Waals surface area (Å²) in [5.41, 5.74) is 8.10. The molecule has 2 aromatic carbocycles. The number of hydrazine groups is 1. The number of amidine groups is 1. The number of benzene rings is 2. The molecule has 0 aliphatic rings. The fourth-order valence-corrected chi connectivity index (χ4v) is 2.89. The van der Waals surface area contributed by atoms with Crippen molar-refractivity contribution in [2.24, 2.45) is 4.99 Å². The van der Waals surface area contributed by atoms with Crippen LogP contribution in [0.5, 0.6) is 0 Å². The molecule has 0 aliphatic carbocycles. The molecular formula is C20H25N5S2. The number of nitrogens with one attached hydrogen (secondary N) is 2. The topological polar surface area (TPSA) is 42.9 Å². The Morgan fingerprint density at radius 2 is 1.44 bits per heavy atom. The smallest absolute Gasteiger partial charge is 0.197 e. The van der Waals surface area contributed by atoms with E-state index in [9.17, 15) is 0 Å². The van der Waals surface area contributed by atoms with Crippen molar-refractivity contribution in [2.45, 2.75) is 13.8 Å². The molecule has 0 atom stereocenters. The van der Waals surface area contributed by atoms with Crippen molar-refractivity contribution in [1.82, 2.24) is 15.8 Å². The summed E-state index contributed by atoms with van der Waals surface area (Å²) in [6.07, 6.45) is 0. The molecule has 0 fully saturated rings. The quantitative estimate of drug-likeness (QED) is 0.355. The number of hydrogen-bond acceptors (Lipinski definition) is 2. The van der Waals surface area contributed by atoms with Crippen LogP contribution < -0.4 is 15.8 Å². The highest BCUT2D eigenvalue weighted by Gasteiger charge is 2.11. The van der Waals surface area contributed by atoms with Crippen molar-refractivity contribution in [1.29, 1.82) is 0 Å². The molecule has 0 bridgehead atoms. The number of nitrogens with zero attached hydrogens (tertiary/aromatic N) is 3. The first kappa shape index (κ1) is 20.8. The average Bonchev–Trinajstić information content (AvgIpc) is 2.72. The van der Waals surface area contributed by atoms with Gasteiger partial charge >= 0.3 is 0 Å². The molecule has 2 N–H and O–H groups in total. The van der Waals surface area contributed by atoms with Crippen LogP contribution in [0.25, 0.3) is 0 Å². The highest BCUT2D eigenvalue weighted by Crippen LogP contribution is 2.10. The van der Waals surface area contributed by atoms with E-state index in [0.717, 1.165) is 24.3 Å². The van der Waals surface area contributed by atoms with Gasteiger partial charge in [0.2, 0.25) is 0 Å². The molecule has 2 rings (SSSR count). The zero-order valence-corrected chi connectivity index (χ0v) is 17.5. The lowest BCUT2D eigenvalue weighted by molar-refractivity contribution is 0.469. The minimum absolute atomic E-state index is 0.526. The zero-order chi connectivity index (χ0) is 19.6. The Morgan fingerprint density at radius 3 is 2.00 bits per heavy atom. The SMILES string of the molecule is CCN(CC)C(=S)/N=C(/NNC(=S)N(C)c1ccccc1)c1ccccc1. The molecule has 0 amide bonds. The van der Waals surface area contributed by atoms with Gasteiger partial charge in [-0.15, -0.1) is 0 Å². The zero-order valence-electron chi connectivity index (χ0n) is 15.8. The molecule has 0 unspecified atom stereocenters. The third-order valence-corrected chi connectivity index (χ3v) is 4.75. The molecular weight excluding hydrogens is 374 g/mol. The highest BCUT2D eigenvalue weighted by atomic mass is 32.1. The third kappa shape index (κ3) is 6.01. The van der Waals surface area contributed by atoms with E-state index in [4.69, 9.17) is 24.4 Å². The normalized spacial score (nSPS) is 10.9. The van der Waals surface area contributed by atoms with Gasteiger partial charge < -0.3 is 9.80 Å². The molecule has 142 valence electrons. The summed E-state index contributed by atoms with van der Waals surface area (Å²) in [5.74, 6) is 0.622. The average molecular weight is 400 g/mol. The van der Waals surface area contributed by atoms with Gasteiger partial charge in [-0.1, -0.05) is 48.5 Å². The number of anilines is 1. The van der Waals surface area contributed by atoms with Crippen molar-refractivity contribution in [2.75, 3.05) is 25.0 Å². The lowest BCUT2D eigenvalue weighted by Gasteiger charge is -2.23. The molecule has 7 heteroatoms. The van der Waals surface area contributed by atoms with Crippen LogP contribution in [0.2, 0.25) is 0 Å². The van der Waals surface area contributed by atoms with Gasteiger partial charge in [-0.25, -0.2) is 4.99 Å². The minimum atomic E-state index is 0.526. The molecule has 2 aromatic rings. The second kappa shape index (κ2) is 10.6. The molecule has 0 saturated heterocycles. The molecule has 0 aliphatic heterocycles. The van der Waals surface area contributed by atoms with Crippen LogP contribution in [0.15, 0.2) is 65.7 Å². The Kier molecular flexibility index (Phi) is 8.16. The maximum Gasteiger partial charge on any atom is 0.197 e. The Labute approximate surface area is 172 Å². The van der Waals surface area contributed by atoms with Gasteiger partial charge in [-0.05, 0) is 50.4 Å². The first-order chi connectivity index (χ1) is 13.1. The predicted octanol–water partition coefficient (Wildman–Crippen LogP) is 3.58. The molecule has 27 heavy (non-hydrogen) atoms. The van der Waals surface area contributed by atoms with E-state index in [1.807, 2.05) is 77.5 Å². The van der Waals surface area contributed by atoms with Crippen molar-refractivity contribution in [3.05, 3.63) is 66.2 Å². The van der Waals surface area contributed by atoms with E-state index in [1.165, 1.54) is 0 Å². The lowest BCUT2D eigenvalue weighted by atomic mass is 10.2. The van der Waals surface area contributed by atoms with Crippen LogP contribution in [-0.2, 0) is 0 Å². The summed E-state index contributed by atoms with van der Waals surface area (Å²) in [5, 5.41) is 1.06. The predicted molar refractivity (Wildman–Crippen MR) is 122 cm³/mol. The minimum Gasteiger partial charge on any atom is -0.348 e. The van der Waals surface area contributed by atoms with E-state index in [0.29, 0.717) is 16.1 Å². The van der Waals surface area contributed by atoms with Crippen molar-refractivity contribution < 1.29 is 0 Å². The van der Waals surface area contributed by atoms with Gasteiger partial charge in [-0.2, -0.15) is 0 Å². The van der Waals surface area contributed by atoms with Crippen molar-refractivity contribution in [3.8, 4) is 0 Å². The van der Waals surface area contributed by atoms with E-state index in [2.05, 4.69) is 29.7 Å². The van der Waals surface area contributed by atoms with Gasteiger partial charge in [0.25, 0.3) is 0 Å². The molecule has 5 nitrogen and oxygen atoms in total. The monoisotopic (exact) mass is 399 g/mol. The molecule has 0 heterocycles. The van der Waals surface area contributed by atoms with Gasteiger partial charge in [0.05, 0.1) is 0 Å². The van der Waals surface area contributed by atoms with E-state index in [1.54, 1.807) is 0 Å². The maximum absolute atomic E-state index is 5.49. The third-order valence-electron chi connectivity index (χ3n) is 4.02. The van der Waals surface area contributed by atoms with Crippen LogP contribution >= 0.6 is 24.4 Å². The summed E-state index contributed by atoms with van der Waals surface area (Å²) < 4.78 is 0. The first-order valence-corrected chi connectivity index (χ1v) is 9.66. The van der Waals surface area contributed by atoms with Crippen LogP contribution in [0, 0.1) is 0 Å². The Morgan fingerprint density at radius 1 is 0.889 bits per heavy atom. The van der Waals surface area contributed by atoms with E-state index >= 15 is 0 Å². The molecule has 0 saturated carbocycles. The van der Waals surface area contributed by atoms with Gasteiger partial charge in [-0.3, -0.25) is 10.9 Å². The van der Waals surface area contributed by atoms with Gasteiger partial charge in [0.1, 0.15) is 0 Å². The number of para-hydroxylation sites is 1. The van der Waals surface area contributed by atoms with Crippen LogP contribution in [0.4, 0.5) is 5.69 Å². The number of hydrogen-bond donors (Lipinski definition) is 2. The van der Waals surface area contributed by atoms with E-state index in [-0.39, 0.29) is 0 Å². The molecule has 0 spiro atoms.